The molecule has 0 amide bonds. The maximum Gasteiger partial charge on any atom is 0.306 e. The van der Waals surface area contributed by atoms with Crippen molar-refractivity contribution >= 4 is 11.9 Å². The van der Waals surface area contributed by atoms with Crippen LogP contribution in [0.15, 0.2) is 0 Å². The Labute approximate surface area is 255 Å². The predicted octanol–water partition coefficient (Wildman–Crippen LogP) is 10.8. The van der Waals surface area contributed by atoms with Gasteiger partial charge in [-0.3, -0.25) is 9.59 Å². The number of rotatable bonds is 33. The fourth-order valence-corrected chi connectivity index (χ4v) is 5.38. The third-order valence-corrected chi connectivity index (χ3v) is 8.15. The topological polar surface area (TPSA) is 72.8 Å². The molecule has 0 fully saturated rings. The average Bonchev–Trinajstić information content (AvgIpc) is 2.97. The van der Waals surface area contributed by atoms with Crippen molar-refractivity contribution in [3.63, 3.8) is 0 Å². The van der Waals surface area contributed by atoms with Gasteiger partial charge in [0.15, 0.2) is 6.10 Å². The van der Waals surface area contributed by atoms with Gasteiger partial charge in [0.2, 0.25) is 0 Å². The number of aliphatic hydroxyl groups excluding tert-OH is 1. The Morgan fingerprint density at radius 3 is 1.07 bits per heavy atom. The first-order valence-electron chi connectivity index (χ1n) is 18.1. The Morgan fingerprint density at radius 2 is 0.756 bits per heavy atom. The lowest BCUT2D eigenvalue weighted by Crippen LogP contribution is -2.28. The van der Waals surface area contributed by atoms with Gasteiger partial charge in [0, 0.05) is 12.8 Å². The van der Waals surface area contributed by atoms with E-state index in [9.17, 15) is 14.7 Å². The molecule has 0 aliphatic rings. The monoisotopic (exact) mass is 583 g/mol. The molecule has 0 bridgehead atoms. The van der Waals surface area contributed by atoms with Gasteiger partial charge in [-0.25, -0.2) is 0 Å². The maximum atomic E-state index is 12.1. The first kappa shape index (κ1) is 39.9. The third kappa shape index (κ3) is 31.7. The van der Waals surface area contributed by atoms with E-state index in [1.165, 1.54) is 135 Å². The first-order chi connectivity index (χ1) is 20.1. The van der Waals surface area contributed by atoms with Crippen LogP contribution in [0.3, 0.4) is 0 Å². The minimum atomic E-state index is -0.758. The summed E-state index contributed by atoms with van der Waals surface area (Å²) in [5, 5.41) is 9.46. The Balaban J connectivity index is 3.42. The molecule has 0 aromatic rings. The van der Waals surface area contributed by atoms with Crippen LogP contribution in [0.2, 0.25) is 0 Å². The second-order valence-electron chi connectivity index (χ2n) is 12.3. The highest BCUT2D eigenvalue weighted by molar-refractivity contribution is 5.70. The zero-order valence-corrected chi connectivity index (χ0v) is 27.6. The summed E-state index contributed by atoms with van der Waals surface area (Å²) in [5.74, 6) is -0.590. The maximum absolute atomic E-state index is 12.1. The van der Waals surface area contributed by atoms with E-state index in [0.29, 0.717) is 12.8 Å². The van der Waals surface area contributed by atoms with Crippen LogP contribution in [0.5, 0.6) is 0 Å². The summed E-state index contributed by atoms with van der Waals surface area (Å²) in [6.07, 6.45) is 34.8. The number of carbonyl (C=O) groups is 2. The molecule has 0 aliphatic carbocycles. The van der Waals surface area contributed by atoms with Crippen LogP contribution in [-0.2, 0) is 19.1 Å². The van der Waals surface area contributed by atoms with E-state index < -0.39 is 6.10 Å². The molecule has 0 rings (SSSR count). The number of ether oxygens (including phenoxy) is 2. The highest BCUT2D eigenvalue weighted by Crippen LogP contribution is 2.15. The van der Waals surface area contributed by atoms with Gasteiger partial charge in [0.25, 0.3) is 0 Å². The molecule has 5 heteroatoms. The van der Waals surface area contributed by atoms with Crippen LogP contribution in [-0.4, -0.2) is 36.4 Å². The number of carbonyl (C=O) groups excluding carboxylic acids is 2. The molecule has 0 saturated carbocycles. The average molecular weight is 583 g/mol. The fraction of sp³-hybridized carbons (Fsp3) is 0.944. The van der Waals surface area contributed by atoms with Crippen molar-refractivity contribution in [3.8, 4) is 0 Å². The number of hydrogen-bond acceptors (Lipinski definition) is 5. The smallest absolute Gasteiger partial charge is 0.306 e. The zero-order chi connectivity index (χ0) is 30.1. The number of aliphatic hydroxyl groups is 1. The summed E-state index contributed by atoms with van der Waals surface area (Å²) in [5.41, 5.74) is 0. The van der Waals surface area contributed by atoms with Crippen LogP contribution in [0.1, 0.15) is 200 Å². The van der Waals surface area contributed by atoms with Crippen LogP contribution < -0.4 is 0 Å². The lowest BCUT2D eigenvalue weighted by Gasteiger charge is -2.15. The van der Waals surface area contributed by atoms with E-state index >= 15 is 0 Å². The largest absolute Gasteiger partial charge is 0.462 e. The van der Waals surface area contributed by atoms with Gasteiger partial charge < -0.3 is 14.6 Å². The molecule has 0 aromatic heterocycles. The van der Waals surface area contributed by atoms with E-state index in [1.54, 1.807) is 0 Å². The Hall–Kier alpha value is -1.10. The van der Waals surface area contributed by atoms with Crippen molar-refractivity contribution < 1.29 is 24.2 Å². The molecule has 0 radical (unpaired) electrons. The third-order valence-electron chi connectivity index (χ3n) is 8.15. The second-order valence-corrected chi connectivity index (χ2v) is 12.3. The summed E-state index contributed by atoms with van der Waals surface area (Å²) >= 11 is 0. The van der Waals surface area contributed by atoms with Crippen LogP contribution in [0, 0.1) is 0 Å². The van der Waals surface area contributed by atoms with Crippen LogP contribution in [0.4, 0.5) is 0 Å². The molecule has 1 N–H and O–H groups in total. The number of unbranched alkanes of at least 4 members (excludes halogenated alkanes) is 25. The Bertz CT molecular complexity index is 550. The molecule has 0 aromatic carbocycles. The molecule has 0 aliphatic heterocycles. The van der Waals surface area contributed by atoms with Gasteiger partial charge in [-0.05, 0) is 12.8 Å². The molecular formula is C36H70O5. The first-order valence-corrected chi connectivity index (χ1v) is 18.1. The molecule has 0 spiro atoms. The summed E-state index contributed by atoms with van der Waals surface area (Å²) in [6.45, 7) is 4.09. The van der Waals surface area contributed by atoms with Crippen molar-refractivity contribution in [1.82, 2.24) is 0 Å². The molecule has 41 heavy (non-hydrogen) atoms. The standard InChI is InChI=1S/C36H70O5/c1-3-5-7-9-11-12-13-14-15-16-17-18-19-20-21-22-23-24-25-27-29-31-36(39)41-34(32-37)33-40-35(38)30-28-26-10-8-6-4-2/h34,37H,3-33H2,1-2H3. The predicted molar refractivity (Wildman–Crippen MR) is 173 cm³/mol. The summed E-state index contributed by atoms with van der Waals surface area (Å²) in [4.78, 5) is 23.9. The SMILES string of the molecule is CCCCCCCCCCCCCCCCCCCCCCCC(=O)OC(CO)COC(=O)CCCCCCCC. The molecule has 244 valence electrons. The van der Waals surface area contributed by atoms with Gasteiger partial charge in [-0.2, -0.15) is 0 Å². The number of hydrogen-bond donors (Lipinski definition) is 1. The highest BCUT2D eigenvalue weighted by Gasteiger charge is 2.16. The van der Waals surface area contributed by atoms with Crippen molar-refractivity contribution in [3.05, 3.63) is 0 Å². The van der Waals surface area contributed by atoms with E-state index in [4.69, 9.17) is 9.47 Å². The van der Waals surface area contributed by atoms with Crippen molar-refractivity contribution in [1.29, 1.82) is 0 Å². The Morgan fingerprint density at radius 1 is 0.463 bits per heavy atom. The van der Waals surface area contributed by atoms with E-state index in [1.807, 2.05) is 0 Å². The lowest BCUT2D eigenvalue weighted by molar-refractivity contribution is -0.161. The highest BCUT2D eigenvalue weighted by atomic mass is 16.6. The lowest BCUT2D eigenvalue weighted by atomic mass is 10.0. The minimum absolute atomic E-state index is 0.0593. The molecular weight excluding hydrogens is 512 g/mol. The zero-order valence-electron chi connectivity index (χ0n) is 27.6. The van der Waals surface area contributed by atoms with Gasteiger partial charge in [0.05, 0.1) is 6.61 Å². The normalized spacial score (nSPS) is 12.0. The molecule has 1 atom stereocenters. The van der Waals surface area contributed by atoms with E-state index in [2.05, 4.69) is 13.8 Å². The molecule has 1 unspecified atom stereocenters. The Kier molecular flexibility index (Phi) is 32.5. The van der Waals surface area contributed by atoms with Crippen molar-refractivity contribution in [2.75, 3.05) is 13.2 Å². The van der Waals surface area contributed by atoms with Crippen molar-refractivity contribution in [2.45, 2.75) is 206 Å². The van der Waals surface area contributed by atoms with Crippen molar-refractivity contribution in [2.24, 2.45) is 0 Å². The van der Waals surface area contributed by atoms with Gasteiger partial charge in [-0.1, -0.05) is 174 Å². The van der Waals surface area contributed by atoms with Crippen LogP contribution >= 0.6 is 0 Å². The summed E-state index contributed by atoms with van der Waals surface area (Å²) < 4.78 is 10.5. The van der Waals surface area contributed by atoms with Gasteiger partial charge >= 0.3 is 11.9 Å². The summed E-state index contributed by atoms with van der Waals surface area (Å²) in [6, 6.07) is 0. The van der Waals surface area contributed by atoms with Crippen LogP contribution in [0.25, 0.3) is 0 Å². The summed E-state index contributed by atoms with van der Waals surface area (Å²) in [7, 11) is 0. The molecule has 0 heterocycles. The molecule has 5 nitrogen and oxygen atoms in total. The quantitative estimate of drug-likeness (QED) is 0.0615. The van der Waals surface area contributed by atoms with Gasteiger partial charge in [-0.15, -0.1) is 0 Å². The number of esters is 2. The van der Waals surface area contributed by atoms with E-state index in [-0.39, 0.29) is 25.2 Å². The van der Waals surface area contributed by atoms with E-state index in [0.717, 1.165) is 38.5 Å². The van der Waals surface area contributed by atoms with Gasteiger partial charge in [0.1, 0.15) is 6.61 Å². The molecule has 0 saturated heterocycles. The fourth-order valence-electron chi connectivity index (χ4n) is 5.38. The minimum Gasteiger partial charge on any atom is -0.462 e. The second kappa shape index (κ2) is 33.4.